The Labute approximate surface area is 201 Å². The van der Waals surface area contributed by atoms with E-state index >= 15 is 0 Å². The number of aromatic nitrogens is 3. The molecule has 0 bridgehead atoms. The molecular weight excluding hydrogens is 470 g/mol. The van der Waals surface area contributed by atoms with Crippen molar-refractivity contribution in [3.63, 3.8) is 0 Å². The molecule has 178 valence electrons. The van der Waals surface area contributed by atoms with Gasteiger partial charge in [-0.1, -0.05) is 18.2 Å². The molecule has 4 aromatic rings. The normalized spacial score (nSPS) is 12.7. The molecule has 0 aliphatic carbocycles. The monoisotopic (exact) mass is 491 g/mol. The zero-order chi connectivity index (χ0) is 24.3. The first-order chi connectivity index (χ1) is 17.0. The molecular formula is C24H21N5O5S. The van der Waals surface area contributed by atoms with Crippen LogP contribution in [0.1, 0.15) is 15.9 Å². The fourth-order valence-corrected chi connectivity index (χ4v) is 4.59. The van der Waals surface area contributed by atoms with E-state index in [1.54, 1.807) is 35.3 Å². The standard InChI is InChI=1S/C24H21N5O5S/c30-24(26-14-17-4-6-20(7-5-17)29-16-25-15-27-29)18-2-1-3-19(12-18)28-35(31,32)21-8-9-22-23(13-21)34-11-10-33-22/h1-9,12-13,15-16,28H,10-11,14H2,(H,26,30). The number of hydrogen-bond donors (Lipinski definition) is 2. The minimum Gasteiger partial charge on any atom is -0.486 e. The Bertz CT molecular complexity index is 1450. The zero-order valence-corrected chi connectivity index (χ0v) is 19.2. The third-order valence-corrected chi connectivity index (χ3v) is 6.65. The van der Waals surface area contributed by atoms with Gasteiger partial charge in [-0.15, -0.1) is 0 Å². The van der Waals surface area contributed by atoms with E-state index in [1.165, 1.54) is 24.5 Å². The van der Waals surface area contributed by atoms with Crippen molar-refractivity contribution in [1.29, 1.82) is 0 Å². The summed E-state index contributed by atoms with van der Waals surface area (Å²) in [7, 11) is -3.90. The molecule has 0 atom stereocenters. The number of ether oxygens (including phenoxy) is 2. The van der Waals surface area contributed by atoms with Crippen molar-refractivity contribution in [3.8, 4) is 17.2 Å². The van der Waals surface area contributed by atoms with Gasteiger partial charge >= 0.3 is 0 Å². The number of rotatable bonds is 7. The van der Waals surface area contributed by atoms with Crippen LogP contribution in [0.4, 0.5) is 5.69 Å². The lowest BCUT2D eigenvalue weighted by atomic mass is 10.1. The molecule has 1 aliphatic rings. The van der Waals surface area contributed by atoms with E-state index in [-0.39, 0.29) is 16.5 Å². The summed E-state index contributed by atoms with van der Waals surface area (Å²) in [5.41, 5.74) is 2.35. The van der Waals surface area contributed by atoms with Crippen molar-refractivity contribution in [2.75, 3.05) is 17.9 Å². The maximum atomic E-state index is 12.9. The zero-order valence-electron chi connectivity index (χ0n) is 18.4. The smallest absolute Gasteiger partial charge is 0.262 e. The largest absolute Gasteiger partial charge is 0.486 e. The van der Waals surface area contributed by atoms with Gasteiger partial charge < -0.3 is 14.8 Å². The van der Waals surface area contributed by atoms with Crippen LogP contribution < -0.4 is 19.5 Å². The van der Waals surface area contributed by atoms with Gasteiger partial charge in [0.25, 0.3) is 15.9 Å². The molecule has 2 N–H and O–H groups in total. The Hall–Kier alpha value is -4.38. The summed E-state index contributed by atoms with van der Waals surface area (Å²) in [6.07, 6.45) is 3.06. The number of amides is 1. The van der Waals surface area contributed by atoms with Crippen LogP contribution in [0.2, 0.25) is 0 Å². The molecule has 2 heterocycles. The van der Waals surface area contributed by atoms with Crippen molar-refractivity contribution in [2.24, 2.45) is 0 Å². The van der Waals surface area contributed by atoms with Crippen molar-refractivity contribution < 1.29 is 22.7 Å². The molecule has 0 unspecified atom stereocenters. The van der Waals surface area contributed by atoms with E-state index in [1.807, 2.05) is 24.3 Å². The van der Waals surface area contributed by atoms with Gasteiger partial charge in [0.1, 0.15) is 25.9 Å². The highest BCUT2D eigenvalue weighted by Crippen LogP contribution is 2.32. The lowest BCUT2D eigenvalue weighted by Gasteiger charge is -2.19. The van der Waals surface area contributed by atoms with Crippen molar-refractivity contribution in [3.05, 3.63) is 90.5 Å². The summed E-state index contributed by atoms with van der Waals surface area (Å²) in [4.78, 5) is 16.6. The van der Waals surface area contributed by atoms with E-state index in [0.717, 1.165) is 11.3 Å². The number of fused-ring (bicyclic) bond motifs is 1. The second kappa shape index (κ2) is 9.47. The number of nitrogens with zero attached hydrogens (tertiary/aromatic N) is 3. The number of benzene rings is 3. The highest BCUT2D eigenvalue weighted by Gasteiger charge is 2.20. The lowest BCUT2D eigenvalue weighted by Crippen LogP contribution is -2.23. The van der Waals surface area contributed by atoms with Gasteiger partial charge in [0.05, 0.1) is 10.6 Å². The summed E-state index contributed by atoms with van der Waals surface area (Å²) < 4.78 is 40.8. The molecule has 5 rings (SSSR count). The van der Waals surface area contributed by atoms with Crippen LogP contribution in [0.25, 0.3) is 5.69 Å². The predicted octanol–water partition coefficient (Wildman–Crippen LogP) is 2.77. The number of carbonyl (C=O) groups is 1. The van der Waals surface area contributed by atoms with Gasteiger partial charge in [-0.05, 0) is 48.0 Å². The van der Waals surface area contributed by atoms with E-state index in [4.69, 9.17) is 9.47 Å². The van der Waals surface area contributed by atoms with E-state index < -0.39 is 10.0 Å². The Balaban J connectivity index is 1.24. The number of anilines is 1. The van der Waals surface area contributed by atoms with E-state index in [2.05, 4.69) is 20.1 Å². The van der Waals surface area contributed by atoms with Crippen molar-refractivity contribution in [2.45, 2.75) is 11.4 Å². The minimum atomic E-state index is -3.90. The highest BCUT2D eigenvalue weighted by molar-refractivity contribution is 7.92. The summed E-state index contributed by atoms with van der Waals surface area (Å²) in [6, 6.07) is 18.2. The number of hydrogen-bond acceptors (Lipinski definition) is 7. The summed E-state index contributed by atoms with van der Waals surface area (Å²) in [5.74, 6) is 0.550. The number of nitrogens with one attached hydrogen (secondary N) is 2. The van der Waals surface area contributed by atoms with Gasteiger partial charge in [-0.3, -0.25) is 9.52 Å². The third-order valence-electron chi connectivity index (χ3n) is 5.27. The molecule has 10 nitrogen and oxygen atoms in total. The average molecular weight is 492 g/mol. The molecule has 1 amide bonds. The van der Waals surface area contributed by atoms with Crippen LogP contribution in [0, 0.1) is 0 Å². The van der Waals surface area contributed by atoms with Gasteiger partial charge in [0.15, 0.2) is 11.5 Å². The molecule has 11 heteroatoms. The lowest BCUT2D eigenvalue weighted by molar-refractivity contribution is 0.0951. The van der Waals surface area contributed by atoms with Gasteiger partial charge in [0.2, 0.25) is 0 Å². The Morgan fingerprint density at radius 2 is 1.77 bits per heavy atom. The number of sulfonamides is 1. The fraction of sp³-hybridized carbons (Fsp3) is 0.125. The summed E-state index contributed by atoms with van der Waals surface area (Å²) in [5, 5.41) is 6.92. The van der Waals surface area contributed by atoms with Crippen LogP contribution in [-0.2, 0) is 16.6 Å². The SMILES string of the molecule is O=C(NCc1ccc(-n2cncn2)cc1)c1cccc(NS(=O)(=O)c2ccc3c(c2)OCCO3)c1. The molecule has 1 aromatic heterocycles. The first-order valence-corrected chi connectivity index (χ1v) is 12.2. The first kappa shape index (κ1) is 22.4. The first-order valence-electron chi connectivity index (χ1n) is 10.7. The molecule has 0 radical (unpaired) electrons. The molecule has 3 aromatic carbocycles. The summed E-state index contributed by atoms with van der Waals surface area (Å²) >= 11 is 0. The maximum absolute atomic E-state index is 12.9. The second-order valence-electron chi connectivity index (χ2n) is 7.68. The summed E-state index contributed by atoms with van der Waals surface area (Å²) in [6.45, 7) is 1.08. The Morgan fingerprint density at radius 3 is 2.54 bits per heavy atom. The fourth-order valence-electron chi connectivity index (χ4n) is 3.52. The second-order valence-corrected chi connectivity index (χ2v) is 9.36. The van der Waals surface area contributed by atoms with E-state index in [0.29, 0.717) is 36.8 Å². The van der Waals surface area contributed by atoms with Crippen LogP contribution in [0.3, 0.4) is 0 Å². The maximum Gasteiger partial charge on any atom is 0.262 e. The van der Waals surface area contributed by atoms with E-state index in [9.17, 15) is 13.2 Å². The van der Waals surface area contributed by atoms with Crippen molar-refractivity contribution >= 4 is 21.6 Å². The minimum absolute atomic E-state index is 0.0333. The number of carbonyl (C=O) groups excluding carboxylic acids is 1. The Morgan fingerprint density at radius 1 is 0.971 bits per heavy atom. The molecule has 0 saturated carbocycles. The quantitative estimate of drug-likeness (QED) is 0.407. The predicted molar refractivity (Wildman–Crippen MR) is 127 cm³/mol. The average Bonchev–Trinajstić information content (AvgIpc) is 3.42. The van der Waals surface area contributed by atoms with Gasteiger partial charge in [0, 0.05) is 23.9 Å². The van der Waals surface area contributed by atoms with Crippen LogP contribution >= 0.6 is 0 Å². The van der Waals surface area contributed by atoms with Gasteiger partial charge in [-0.2, -0.15) is 5.10 Å². The molecule has 0 saturated heterocycles. The Kier molecular flexibility index (Phi) is 6.06. The van der Waals surface area contributed by atoms with Crippen LogP contribution in [0.5, 0.6) is 11.5 Å². The van der Waals surface area contributed by atoms with Crippen molar-refractivity contribution in [1.82, 2.24) is 20.1 Å². The van der Waals surface area contributed by atoms with Gasteiger partial charge in [-0.25, -0.2) is 18.1 Å². The third kappa shape index (κ3) is 5.09. The molecule has 1 aliphatic heterocycles. The molecule has 0 spiro atoms. The highest BCUT2D eigenvalue weighted by atomic mass is 32.2. The molecule has 0 fully saturated rings. The molecule has 35 heavy (non-hydrogen) atoms. The topological polar surface area (TPSA) is 124 Å². The van der Waals surface area contributed by atoms with Crippen LogP contribution in [-0.4, -0.2) is 42.3 Å². The van der Waals surface area contributed by atoms with Crippen LogP contribution in [0.15, 0.2) is 84.3 Å².